The van der Waals surface area contributed by atoms with Crippen molar-refractivity contribution in [3.05, 3.63) is 69.2 Å². The number of nitrogens with zero attached hydrogens (tertiary/aromatic N) is 3. The molecule has 0 aliphatic carbocycles. The molecule has 0 atom stereocenters. The lowest BCUT2D eigenvalue weighted by Gasteiger charge is -2.10. The van der Waals surface area contributed by atoms with Crippen molar-refractivity contribution in [1.29, 1.82) is 0 Å². The Balaban J connectivity index is 1.55. The number of hydrogen-bond donors (Lipinski definition) is 1. The van der Waals surface area contributed by atoms with E-state index in [1.54, 1.807) is 30.4 Å². The van der Waals surface area contributed by atoms with E-state index in [9.17, 15) is 9.59 Å². The molecule has 3 aromatic heterocycles. The van der Waals surface area contributed by atoms with Crippen LogP contribution in [0.3, 0.4) is 0 Å². The van der Waals surface area contributed by atoms with Crippen LogP contribution >= 0.6 is 34.4 Å². The molecule has 0 saturated carbocycles. The summed E-state index contributed by atoms with van der Waals surface area (Å²) in [5, 5.41) is 15.1. The van der Waals surface area contributed by atoms with Gasteiger partial charge in [0.2, 0.25) is 5.91 Å². The lowest BCUT2D eigenvalue weighted by atomic mass is 10.0. The predicted molar refractivity (Wildman–Crippen MR) is 157 cm³/mol. The van der Waals surface area contributed by atoms with Gasteiger partial charge >= 0.3 is 5.97 Å². The number of aryl methyl sites for hydroxylation is 3. The van der Waals surface area contributed by atoms with Crippen LogP contribution < -0.4 is 5.32 Å². The van der Waals surface area contributed by atoms with Gasteiger partial charge in [0.1, 0.15) is 5.00 Å². The third-order valence-corrected chi connectivity index (χ3v) is 8.87. The van der Waals surface area contributed by atoms with Crippen LogP contribution in [0.1, 0.15) is 39.5 Å². The summed E-state index contributed by atoms with van der Waals surface area (Å²) in [5.74, 6) is 0.191. The van der Waals surface area contributed by atoms with E-state index >= 15 is 0 Å². The van der Waals surface area contributed by atoms with Gasteiger partial charge < -0.3 is 10.1 Å². The molecule has 4 rings (SSSR count). The van der Waals surface area contributed by atoms with Crippen molar-refractivity contribution in [3.8, 4) is 22.5 Å². The molecule has 0 aliphatic rings. The molecule has 198 valence electrons. The molecule has 0 aliphatic heterocycles. The molecule has 10 heteroatoms. The summed E-state index contributed by atoms with van der Waals surface area (Å²) in [4.78, 5) is 27.4. The zero-order valence-electron chi connectivity index (χ0n) is 21.9. The number of rotatable bonds is 11. The van der Waals surface area contributed by atoms with Gasteiger partial charge in [0.15, 0.2) is 11.0 Å². The van der Waals surface area contributed by atoms with Gasteiger partial charge in [-0.15, -0.1) is 39.4 Å². The predicted octanol–water partition coefficient (Wildman–Crippen LogP) is 7.01. The normalized spacial score (nSPS) is 10.9. The van der Waals surface area contributed by atoms with Crippen molar-refractivity contribution >= 4 is 51.3 Å². The second-order valence-corrected chi connectivity index (χ2v) is 11.7. The van der Waals surface area contributed by atoms with Gasteiger partial charge in [0.05, 0.1) is 17.9 Å². The van der Waals surface area contributed by atoms with Crippen molar-refractivity contribution < 1.29 is 14.3 Å². The molecule has 0 bridgehead atoms. The van der Waals surface area contributed by atoms with E-state index in [1.807, 2.05) is 11.5 Å². The van der Waals surface area contributed by atoms with Crippen molar-refractivity contribution in [2.45, 2.75) is 45.8 Å². The zero-order valence-corrected chi connectivity index (χ0v) is 24.3. The maximum Gasteiger partial charge on any atom is 0.341 e. The van der Waals surface area contributed by atoms with E-state index in [4.69, 9.17) is 4.74 Å². The number of allylic oxidation sites excluding steroid dienone is 1. The van der Waals surface area contributed by atoms with Crippen LogP contribution in [0, 0.1) is 13.8 Å². The molecule has 0 unspecified atom stereocenters. The van der Waals surface area contributed by atoms with Gasteiger partial charge in [-0.25, -0.2) is 4.79 Å². The Morgan fingerprint density at radius 3 is 2.63 bits per heavy atom. The number of esters is 1. The first-order chi connectivity index (χ1) is 18.4. The first-order valence-corrected chi connectivity index (χ1v) is 15.0. The SMILES string of the molecule is C=CCn1c(SCC(=O)Nc2sc(CC)cc2C(=O)OCC)nnc1-c1csc(C)c1-c1ccc(C)cc1. The number of aromatic nitrogens is 3. The summed E-state index contributed by atoms with van der Waals surface area (Å²) in [6, 6.07) is 10.2. The monoisotopic (exact) mass is 566 g/mol. The quantitative estimate of drug-likeness (QED) is 0.119. The first-order valence-electron chi connectivity index (χ1n) is 12.3. The van der Waals surface area contributed by atoms with Crippen LogP contribution in [-0.4, -0.2) is 39.0 Å². The molecular weight excluding hydrogens is 537 g/mol. The van der Waals surface area contributed by atoms with Crippen LogP contribution in [0.2, 0.25) is 0 Å². The molecular formula is C28H30N4O3S3. The summed E-state index contributed by atoms with van der Waals surface area (Å²) in [6.45, 7) is 12.6. The molecule has 7 nitrogen and oxygen atoms in total. The molecule has 0 spiro atoms. The average Bonchev–Trinajstić information content (AvgIpc) is 3.60. The molecule has 1 N–H and O–H groups in total. The van der Waals surface area contributed by atoms with Gasteiger partial charge in [0, 0.05) is 32.8 Å². The highest BCUT2D eigenvalue weighted by atomic mass is 32.2. The summed E-state index contributed by atoms with van der Waals surface area (Å²) in [7, 11) is 0. The van der Waals surface area contributed by atoms with Crippen molar-refractivity contribution in [1.82, 2.24) is 14.8 Å². The number of benzene rings is 1. The Hall–Kier alpha value is -3.21. The number of thioether (sulfide) groups is 1. The third-order valence-electron chi connectivity index (χ3n) is 5.80. The van der Waals surface area contributed by atoms with Gasteiger partial charge in [-0.3, -0.25) is 9.36 Å². The molecule has 1 amide bonds. The maximum atomic E-state index is 12.9. The fourth-order valence-electron chi connectivity index (χ4n) is 3.95. The van der Waals surface area contributed by atoms with E-state index in [-0.39, 0.29) is 18.3 Å². The van der Waals surface area contributed by atoms with Crippen LogP contribution in [0.5, 0.6) is 0 Å². The van der Waals surface area contributed by atoms with Gasteiger partial charge in [-0.1, -0.05) is 54.6 Å². The van der Waals surface area contributed by atoms with Crippen molar-refractivity contribution in [2.24, 2.45) is 0 Å². The Kier molecular flexibility index (Phi) is 9.19. The Labute approximate surface area is 235 Å². The lowest BCUT2D eigenvalue weighted by molar-refractivity contribution is -0.113. The van der Waals surface area contributed by atoms with Crippen molar-refractivity contribution in [2.75, 3.05) is 17.7 Å². The highest BCUT2D eigenvalue weighted by molar-refractivity contribution is 7.99. The second kappa shape index (κ2) is 12.6. The van der Waals surface area contributed by atoms with E-state index < -0.39 is 5.97 Å². The number of anilines is 1. The minimum atomic E-state index is -0.433. The smallest absolute Gasteiger partial charge is 0.341 e. The number of thiophene rings is 2. The van der Waals surface area contributed by atoms with E-state index in [2.05, 4.69) is 65.6 Å². The number of carbonyl (C=O) groups excluding carboxylic acids is 2. The topological polar surface area (TPSA) is 86.1 Å². The number of nitrogens with one attached hydrogen (secondary N) is 1. The summed E-state index contributed by atoms with van der Waals surface area (Å²) in [5.41, 5.74) is 4.87. The van der Waals surface area contributed by atoms with Gasteiger partial charge in [-0.2, -0.15) is 0 Å². The Morgan fingerprint density at radius 2 is 1.95 bits per heavy atom. The second-order valence-electron chi connectivity index (χ2n) is 8.52. The standard InChI is InChI=1S/C28H30N4O3S3/c1-6-13-32-25(22-15-36-18(5)24(22)19-11-9-17(4)10-12-19)30-31-28(32)37-16-23(33)29-26-21(27(34)35-8-3)14-20(7-2)38-26/h6,9-12,14-15H,1,7-8,13,16H2,2-5H3,(H,29,33). The minimum absolute atomic E-state index is 0.115. The highest BCUT2D eigenvalue weighted by Crippen LogP contribution is 2.39. The van der Waals surface area contributed by atoms with Crippen LogP contribution in [-0.2, 0) is 22.5 Å². The molecule has 1 aromatic carbocycles. The number of hydrogen-bond acceptors (Lipinski definition) is 8. The summed E-state index contributed by atoms with van der Waals surface area (Å²) >= 11 is 4.37. The van der Waals surface area contributed by atoms with Crippen LogP contribution in [0.25, 0.3) is 22.5 Å². The average molecular weight is 567 g/mol. The van der Waals surface area contributed by atoms with Gasteiger partial charge in [-0.05, 0) is 38.8 Å². The first kappa shape index (κ1) is 27.8. The van der Waals surface area contributed by atoms with E-state index in [0.717, 1.165) is 33.8 Å². The molecule has 0 saturated heterocycles. The molecule has 4 aromatic rings. The Morgan fingerprint density at radius 1 is 1.18 bits per heavy atom. The zero-order chi connectivity index (χ0) is 27.2. The van der Waals surface area contributed by atoms with Crippen LogP contribution in [0.4, 0.5) is 5.00 Å². The van der Waals surface area contributed by atoms with Gasteiger partial charge in [0.25, 0.3) is 0 Å². The van der Waals surface area contributed by atoms with Crippen molar-refractivity contribution in [3.63, 3.8) is 0 Å². The third kappa shape index (κ3) is 6.09. The van der Waals surface area contributed by atoms with E-state index in [1.165, 1.54) is 33.5 Å². The molecule has 0 radical (unpaired) electrons. The number of ether oxygens (including phenoxy) is 1. The lowest BCUT2D eigenvalue weighted by Crippen LogP contribution is -2.16. The highest BCUT2D eigenvalue weighted by Gasteiger charge is 2.22. The number of amides is 1. The maximum absolute atomic E-state index is 12.9. The summed E-state index contributed by atoms with van der Waals surface area (Å²) in [6.07, 6.45) is 2.56. The Bertz CT molecular complexity index is 1450. The van der Waals surface area contributed by atoms with Crippen LogP contribution in [0.15, 0.2) is 53.5 Å². The summed E-state index contributed by atoms with van der Waals surface area (Å²) < 4.78 is 7.14. The molecule has 38 heavy (non-hydrogen) atoms. The minimum Gasteiger partial charge on any atom is -0.462 e. The fraction of sp³-hybridized carbons (Fsp3) is 0.286. The number of carbonyl (C=O) groups is 2. The molecule has 3 heterocycles. The van der Waals surface area contributed by atoms with E-state index in [0.29, 0.717) is 22.3 Å². The molecule has 0 fully saturated rings. The largest absolute Gasteiger partial charge is 0.462 e. The fourth-order valence-corrected chi connectivity index (χ4v) is 6.56.